The van der Waals surface area contributed by atoms with Gasteiger partial charge in [0.2, 0.25) is 0 Å². The lowest BCUT2D eigenvalue weighted by Gasteiger charge is -2.01. The molecule has 0 aliphatic rings. The number of hydrogen-bond acceptors (Lipinski definition) is 1. The molecule has 0 fully saturated rings. The molecule has 1 rings (SSSR count). The van der Waals surface area contributed by atoms with E-state index in [0.29, 0.717) is 10.0 Å². The van der Waals surface area contributed by atoms with Gasteiger partial charge in [-0.1, -0.05) is 26.8 Å². The van der Waals surface area contributed by atoms with E-state index >= 15 is 0 Å². The minimum Gasteiger partial charge on any atom is -0.478 e. The van der Waals surface area contributed by atoms with Crippen LogP contribution >= 0.6 is 15.9 Å². The number of hydrogen-bond donors (Lipinski definition) is 1. The second kappa shape index (κ2) is 6.60. The lowest BCUT2D eigenvalue weighted by atomic mass is 10.1. The third-order valence-corrected chi connectivity index (χ3v) is 2.36. The van der Waals surface area contributed by atoms with Gasteiger partial charge in [-0.2, -0.15) is 0 Å². The molecule has 0 heterocycles. The summed E-state index contributed by atoms with van der Waals surface area (Å²) in [5, 5.41) is 8.76. The molecule has 78 valence electrons. The van der Waals surface area contributed by atoms with E-state index in [1.165, 1.54) is 0 Å². The van der Waals surface area contributed by atoms with E-state index in [9.17, 15) is 4.79 Å². The zero-order valence-corrected chi connectivity index (χ0v) is 10.3. The molecule has 1 aromatic carbocycles. The molecule has 0 aliphatic heterocycles. The highest BCUT2D eigenvalue weighted by molar-refractivity contribution is 9.10. The van der Waals surface area contributed by atoms with Crippen LogP contribution in [0.3, 0.4) is 0 Å². The van der Waals surface area contributed by atoms with Crippen molar-refractivity contribution in [3.8, 4) is 0 Å². The fourth-order valence-electron chi connectivity index (χ4n) is 0.956. The molecule has 0 aliphatic carbocycles. The zero-order valence-electron chi connectivity index (χ0n) is 8.67. The van der Waals surface area contributed by atoms with Crippen LogP contribution in [0, 0.1) is 0 Å². The van der Waals surface area contributed by atoms with Crippen molar-refractivity contribution in [3.05, 3.63) is 33.8 Å². The third kappa shape index (κ3) is 3.50. The van der Waals surface area contributed by atoms with Crippen LogP contribution in [0.2, 0.25) is 0 Å². The van der Waals surface area contributed by atoms with Crippen molar-refractivity contribution >= 4 is 21.9 Å². The first-order valence-electron chi connectivity index (χ1n) is 4.67. The number of aromatic carboxylic acids is 1. The van der Waals surface area contributed by atoms with E-state index in [0.717, 1.165) is 12.0 Å². The first-order chi connectivity index (χ1) is 6.65. The number of aryl methyl sites for hydroxylation is 1. The van der Waals surface area contributed by atoms with Gasteiger partial charge in [-0.15, -0.1) is 0 Å². The maximum atomic E-state index is 10.7. The van der Waals surface area contributed by atoms with E-state index in [2.05, 4.69) is 15.9 Å². The Morgan fingerprint density at radius 3 is 2.43 bits per heavy atom. The molecular formula is C11H15BrO2. The van der Waals surface area contributed by atoms with Gasteiger partial charge in [0.1, 0.15) is 0 Å². The van der Waals surface area contributed by atoms with Crippen molar-refractivity contribution in [3.63, 3.8) is 0 Å². The summed E-state index contributed by atoms with van der Waals surface area (Å²) in [6.07, 6.45) is 0.855. The van der Waals surface area contributed by atoms with Crippen LogP contribution in [0.4, 0.5) is 0 Å². The van der Waals surface area contributed by atoms with Gasteiger partial charge in [-0.25, -0.2) is 4.79 Å². The Bertz CT molecular complexity index is 308. The van der Waals surface area contributed by atoms with Crippen LogP contribution in [0.25, 0.3) is 0 Å². The Morgan fingerprint density at radius 1 is 1.43 bits per heavy atom. The molecular weight excluding hydrogens is 244 g/mol. The SMILES string of the molecule is CC.CCc1ccc(Br)c(C(=O)O)c1. The van der Waals surface area contributed by atoms with E-state index in [1.54, 1.807) is 12.1 Å². The van der Waals surface area contributed by atoms with Gasteiger partial charge in [-0.3, -0.25) is 0 Å². The maximum absolute atomic E-state index is 10.7. The van der Waals surface area contributed by atoms with Crippen LogP contribution in [-0.2, 0) is 6.42 Å². The Hall–Kier alpha value is -0.830. The Morgan fingerprint density at radius 2 is 2.00 bits per heavy atom. The molecule has 14 heavy (non-hydrogen) atoms. The summed E-state index contributed by atoms with van der Waals surface area (Å²) < 4.78 is 0.632. The standard InChI is InChI=1S/C9H9BrO2.C2H6/c1-2-6-3-4-8(10)7(5-6)9(11)12;1-2/h3-5H,2H2,1H3,(H,11,12);1-2H3. The van der Waals surface area contributed by atoms with Gasteiger partial charge in [0.15, 0.2) is 0 Å². The monoisotopic (exact) mass is 258 g/mol. The summed E-state index contributed by atoms with van der Waals surface area (Å²) >= 11 is 3.18. The smallest absolute Gasteiger partial charge is 0.336 e. The van der Waals surface area contributed by atoms with Gasteiger partial charge >= 0.3 is 5.97 Å². The van der Waals surface area contributed by atoms with Crippen molar-refractivity contribution in [2.75, 3.05) is 0 Å². The van der Waals surface area contributed by atoms with Gasteiger partial charge < -0.3 is 5.11 Å². The molecule has 0 atom stereocenters. The second-order valence-corrected chi connectivity index (χ2v) is 3.33. The summed E-state index contributed by atoms with van der Waals surface area (Å²) in [6, 6.07) is 5.37. The lowest BCUT2D eigenvalue weighted by molar-refractivity contribution is 0.0696. The first-order valence-corrected chi connectivity index (χ1v) is 5.46. The highest BCUT2D eigenvalue weighted by atomic mass is 79.9. The van der Waals surface area contributed by atoms with Gasteiger partial charge in [0.05, 0.1) is 5.56 Å². The maximum Gasteiger partial charge on any atom is 0.336 e. The molecule has 0 spiro atoms. The predicted molar refractivity (Wildman–Crippen MR) is 61.8 cm³/mol. The molecule has 0 amide bonds. The number of carboxylic acids is 1. The largest absolute Gasteiger partial charge is 0.478 e. The third-order valence-electron chi connectivity index (χ3n) is 1.67. The molecule has 0 saturated carbocycles. The normalized spacial score (nSPS) is 8.86. The van der Waals surface area contributed by atoms with Crippen LogP contribution in [0.1, 0.15) is 36.7 Å². The number of rotatable bonds is 2. The zero-order chi connectivity index (χ0) is 11.1. The minimum absolute atomic E-state index is 0.328. The van der Waals surface area contributed by atoms with Gasteiger partial charge in [0.25, 0.3) is 0 Å². The van der Waals surface area contributed by atoms with Gasteiger partial charge in [-0.05, 0) is 40.0 Å². The number of carbonyl (C=O) groups is 1. The predicted octanol–water partition coefficient (Wildman–Crippen LogP) is 3.74. The molecule has 1 aromatic rings. The van der Waals surface area contributed by atoms with Crippen LogP contribution in [0.5, 0.6) is 0 Å². The van der Waals surface area contributed by atoms with E-state index in [4.69, 9.17) is 5.11 Å². The fraction of sp³-hybridized carbons (Fsp3) is 0.364. The van der Waals surface area contributed by atoms with Crippen molar-refractivity contribution < 1.29 is 9.90 Å². The number of carboxylic acid groups (broad SMARTS) is 1. The summed E-state index contributed by atoms with van der Waals surface area (Å²) in [7, 11) is 0. The molecule has 0 unspecified atom stereocenters. The average Bonchev–Trinajstić information content (AvgIpc) is 2.21. The molecule has 0 radical (unpaired) electrons. The highest BCUT2D eigenvalue weighted by Crippen LogP contribution is 2.18. The van der Waals surface area contributed by atoms with Gasteiger partial charge in [0, 0.05) is 4.47 Å². The molecule has 0 bridgehead atoms. The first kappa shape index (κ1) is 13.2. The Labute approximate surface area is 93.1 Å². The highest BCUT2D eigenvalue weighted by Gasteiger charge is 2.07. The summed E-state index contributed by atoms with van der Waals surface area (Å²) in [5.74, 6) is -0.892. The summed E-state index contributed by atoms with van der Waals surface area (Å²) in [6.45, 7) is 5.99. The Balaban J connectivity index is 0.000000791. The van der Waals surface area contributed by atoms with E-state index in [-0.39, 0.29) is 0 Å². The molecule has 3 heteroatoms. The van der Waals surface area contributed by atoms with Crippen molar-refractivity contribution in [2.45, 2.75) is 27.2 Å². The lowest BCUT2D eigenvalue weighted by Crippen LogP contribution is -1.98. The molecule has 2 nitrogen and oxygen atoms in total. The second-order valence-electron chi connectivity index (χ2n) is 2.47. The van der Waals surface area contributed by atoms with Crippen LogP contribution in [0.15, 0.2) is 22.7 Å². The van der Waals surface area contributed by atoms with Crippen LogP contribution in [-0.4, -0.2) is 11.1 Å². The van der Waals surface area contributed by atoms with E-state index < -0.39 is 5.97 Å². The number of halogens is 1. The number of benzene rings is 1. The summed E-state index contributed by atoms with van der Waals surface area (Å²) in [4.78, 5) is 10.7. The van der Waals surface area contributed by atoms with Crippen molar-refractivity contribution in [1.29, 1.82) is 0 Å². The molecule has 0 aromatic heterocycles. The van der Waals surface area contributed by atoms with Crippen LogP contribution < -0.4 is 0 Å². The topological polar surface area (TPSA) is 37.3 Å². The van der Waals surface area contributed by atoms with E-state index in [1.807, 2.05) is 26.8 Å². The van der Waals surface area contributed by atoms with Crippen molar-refractivity contribution in [2.24, 2.45) is 0 Å². The Kier molecular flexibility index (Phi) is 6.21. The molecule has 0 saturated heterocycles. The quantitative estimate of drug-likeness (QED) is 0.878. The van der Waals surface area contributed by atoms with Crippen molar-refractivity contribution in [1.82, 2.24) is 0 Å². The molecule has 1 N–H and O–H groups in total. The summed E-state index contributed by atoms with van der Waals surface area (Å²) in [5.41, 5.74) is 1.37. The minimum atomic E-state index is -0.892. The fourth-order valence-corrected chi connectivity index (χ4v) is 1.37. The average molecular weight is 259 g/mol.